The highest BCUT2D eigenvalue weighted by molar-refractivity contribution is 6.00. The van der Waals surface area contributed by atoms with Crippen molar-refractivity contribution in [3.63, 3.8) is 0 Å². The molecular formula is C53H74N10O14. The van der Waals surface area contributed by atoms with E-state index in [9.17, 15) is 58.5 Å². The lowest BCUT2D eigenvalue weighted by molar-refractivity contribution is -0.146. The minimum Gasteiger partial charge on any atom is -0.504 e. The summed E-state index contributed by atoms with van der Waals surface area (Å²) in [5, 5.41) is 46.0. The second kappa shape index (κ2) is 30.3. The maximum absolute atomic E-state index is 14.7. The summed E-state index contributed by atoms with van der Waals surface area (Å²) in [6.45, 7) is 11.2. The molecule has 1 aliphatic rings. The largest absolute Gasteiger partial charge is 0.504 e. The van der Waals surface area contributed by atoms with Crippen LogP contribution >= 0.6 is 0 Å². The highest BCUT2D eigenvalue weighted by atomic mass is 16.5. The summed E-state index contributed by atoms with van der Waals surface area (Å²) in [7, 11) is 4.08. The molecule has 2 aromatic rings. The number of carboxylic acids is 2. The molecule has 0 radical (unpaired) electrons. The van der Waals surface area contributed by atoms with Crippen LogP contribution in [-0.2, 0) is 60.7 Å². The van der Waals surface area contributed by atoms with Gasteiger partial charge in [-0.05, 0) is 62.8 Å². The number of nitrogens with one attached hydrogen (secondary N) is 6. The first-order chi connectivity index (χ1) is 36.3. The standard InChI is InChI=1S/C53H74N10O14/c1-28(24-29(2)41(76-8)26-34-14-11-10-12-15-34)17-19-36-30(3)45(66)60-38(51(72)73)20-22-43(65)63(7)33(6)48(69)57-32(5)47(68)59-37(16-13-23-56-53(54)55)49(70)62-44(52(74)75)31(4)46(67)61-39(50(71)58-36)25-35-18-21-40(64)42(27-35)77-9/h10-12,14-15,17-19,21,24,27,29-32,36-39,41,44,64H,6,13,16,20,22-23,25-26H2,1-5,7-9H3,(H,57,69)(H,58,71)(H,59,68)(H,60,66)(H,61,67)(H,62,70)(H,72,73)(H,74,75)(H4,54,55,56)/b19-17+,28-24+/t29-,30-,31-,32+,36-,37-,38+,39-,41-,44+/m0/s1. The minimum absolute atomic E-state index is 0.0154. The van der Waals surface area contributed by atoms with Gasteiger partial charge < -0.3 is 73.1 Å². The lowest BCUT2D eigenvalue weighted by Gasteiger charge is -2.28. The van der Waals surface area contributed by atoms with Crippen LogP contribution in [0.25, 0.3) is 0 Å². The molecule has 1 aliphatic heterocycles. The first-order valence-corrected chi connectivity index (χ1v) is 24.9. The Hall–Kier alpha value is -8.28. The Labute approximate surface area is 447 Å². The summed E-state index contributed by atoms with van der Waals surface area (Å²) in [5.74, 6) is -13.3. The van der Waals surface area contributed by atoms with Gasteiger partial charge in [0.1, 0.15) is 35.9 Å². The number of benzene rings is 2. The number of likely N-dealkylation sites (N-methyl/N-ethyl adjacent to an activating group) is 1. The Balaban J connectivity index is 2.20. The fourth-order valence-corrected chi connectivity index (χ4v) is 8.05. The number of hydrogen-bond acceptors (Lipinski definition) is 13. The van der Waals surface area contributed by atoms with Gasteiger partial charge in [0.05, 0.1) is 31.1 Å². The van der Waals surface area contributed by atoms with Crippen molar-refractivity contribution in [3.8, 4) is 11.5 Å². The normalized spacial score (nSPS) is 24.1. The van der Waals surface area contributed by atoms with E-state index in [1.165, 1.54) is 59.2 Å². The number of carbonyl (C=O) groups is 9. The molecule has 7 amide bonds. The lowest BCUT2D eigenvalue weighted by Crippen LogP contribution is -2.59. The number of phenolic OH excluding ortho intramolecular Hbond substituents is 1. The SMILES string of the molecule is C=C1C(=O)N[C@H](C)C(=O)N[C@@H](CCCN=C(N)N)C(=O)N[C@@H](C(=O)O)[C@H](C)C(=O)N[C@@H](Cc2ccc(O)c(OC)c2)C(=O)N[C@@H](/C=C/C(C)=C/[C@H](C)[C@H](Cc2ccccc2)OC)[C@H](C)C(=O)N[C@@H](C(=O)O)CCC(=O)N1C. The monoisotopic (exact) mass is 1070 g/mol. The summed E-state index contributed by atoms with van der Waals surface area (Å²) in [4.78, 5) is 127. The summed E-state index contributed by atoms with van der Waals surface area (Å²) in [6.07, 6.45) is 4.02. The molecule has 24 nitrogen and oxygen atoms in total. The molecule has 3 rings (SSSR count). The Morgan fingerprint density at radius 3 is 2.08 bits per heavy atom. The Kier molecular flexibility index (Phi) is 24.8. The third-order valence-electron chi connectivity index (χ3n) is 12.9. The fraction of sp³-hybridized carbons (Fsp3) is 0.472. The van der Waals surface area contributed by atoms with Gasteiger partial charge in [-0.2, -0.15) is 0 Å². The maximum Gasteiger partial charge on any atom is 0.327 e. The van der Waals surface area contributed by atoms with Gasteiger partial charge in [-0.25, -0.2) is 9.59 Å². The van der Waals surface area contributed by atoms with Gasteiger partial charge in [0, 0.05) is 39.5 Å². The number of aromatic hydroxyl groups is 1. The molecule has 420 valence electrons. The molecule has 2 aromatic carbocycles. The van der Waals surface area contributed by atoms with Gasteiger partial charge in [0.25, 0.3) is 5.91 Å². The van der Waals surface area contributed by atoms with E-state index in [1.807, 2.05) is 43.3 Å². The second-order valence-corrected chi connectivity index (χ2v) is 18.8. The smallest absolute Gasteiger partial charge is 0.327 e. The molecule has 10 atom stereocenters. The van der Waals surface area contributed by atoms with E-state index < -0.39 is 120 Å². The first kappa shape index (κ1) is 63.0. The van der Waals surface area contributed by atoms with Crippen molar-refractivity contribution < 1.29 is 67.9 Å². The molecule has 1 saturated heterocycles. The maximum atomic E-state index is 14.7. The molecule has 0 aliphatic carbocycles. The van der Waals surface area contributed by atoms with Gasteiger partial charge in [-0.3, -0.25) is 38.6 Å². The first-order valence-electron chi connectivity index (χ1n) is 24.9. The number of phenols is 1. The Morgan fingerprint density at radius 2 is 1.47 bits per heavy atom. The highest BCUT2D eigenvalue weighted by Gasteiger charge is 2.37. The van der Waals surface area contributed by atoms with Crippen LogP contribution in [0.4, 0.5) is 0 Å². The van der Waals surface area contributed by atoms with Gasteiger partial charge in [-0.15, -0.1) is 0 Å². The summed E-state index contributed by atoms with van der Waals surface area (Å²) in [5.41, 5.74) is 12.5. The van der Waals surface area contributed by atoms with Crippen LogP contribution in [0.2, 0.25) is 0 Å². The van der Waals surface area contributed by atoms with Gasteiger partial charge in [0.2, 0.25) is 35.4 Å². The zero-order valence-electron chi connectivity index (χ0n) is 44.7. The van der Waals surface area contributed by atoms with Crippen molar-refractivity contribution in [1.29, 1.82) is 0 Å². The summed E-state index contributed by atoms with van der Waals surface area (Å²) < 4.78 is 11.1. The van der Waals surface area contributed by atoms with Gasteiger partial charge in [0.15, 0.2) is 17.5 Å². The molecule has 0 bridgehead atoms. The molecule has 24 heteroatoms. The molecule has 1 heterocycles. The highest BCUT2D eigenvalue weighted by Crippen LogP contribution is 2.27. The number of carboxylic acid groups (broad SMARTS) is 2. The van der Waals surface area contributed by atoms with Crippen LogP contribution in [0.1, 0.15) is 71.4 Å². The van der Waals surface area contributed by atoms with E-state index in [1.54, 1.807) is 20.1 Å². The van der Waals surface area contributed by atoms with E-state index in [0.29, 0.717) is 17.6 Å². The van der Waals surface area contributed by atoms with Gasteiger partial charge >= 0.3 is 11.9 Å². The Morgan fingerprint density at radius 1 is 0.831 bits per heavy atom. The third-order valence-corrected chi connectivity index (χ3v) is 12.9. The van der Waals surface area contributed by atoms with Crippen LogP contribution in [0.5, 0.6) is 11.5 Å². The molecule has 0 saturated carbocycles. The summed E-state index contributed by atoms with van der Waals surface area (Å²) in [6, 6.07) is 4.50. The lowest BCUT2D eigenvalue weighted by atomic mass is 9.94. The van der Waals surface area contributed by atoms with Crippen LogP contribution < -0.4 is 48.1 Å². The average molecular weight is 1080 g/mol. The quantitative estimate of drug-likeness (QED) is 0.0359. The van der Waals surface area contributed by atoms with E-state index in [-0.39, 0.29) is 55.3 Å². The molecule has 0 unspecified atom stereocenters. The minimum atomic E-state index is -1.98. The number of nitrogens with two attached hydrogens (primary N) is 2. The third kappa shape index (κ3) is 19.7. The fourth-order valence-electron chi connectivity index (χ4n) is 8.05. The predicted octanol–water partition coefficient (Wildman–Crippen LogP) is 0.529. The van der Waals surface area contributed by atoms with Crippen molar-refractivity contribution in [2.45, 2.75) is 115 Å². The number of guanidine groups is 1. The summed E-state index contributed by atoms with van der Waals surface area (Å²) >= 11 is 0. The van der Waals surface area contributed by atoms with Crippen molar-refractivity contribution in [3.05, 3.63) is 95.7 Å². The molecular weight excluding hydrogens is 1000 g/mol. The average Bonchev–Trinajstić information content (AvgIpc) is 3.38. The van der Waals surface area contributed by atoms with Gasteiger partial charge in [-0.1, -0.05) is 87.5 Å². The number of rotatable bonds is 16. The van der Waals surface area contributed by atoms with E-state index in [4.69, 9.17) is 20.9 Å². The van der Waals surface area contributed by atoms with E-state index in [2.05, 4.69) is 43.5 Å². The van der Waals surface area contributed by atoms with Crippen molar-refractivity contribution in [2.75, 3.05) is 27.8 Å². The zero-order chi connectivity index (χ0) is 57.7. The number of carbonyl (C=O) groups excluding carboxylic acids is 7. The number of hydrogen-bond donors (Lipinski definition) is 11. The van der Waals surface area contributed by atoms with Crippen molar-refractivity contribution in [2.24, 2.45) is 34.2 Å². The van der Waals surface area contributed by atoms with Crippen LogP contribution in [0.3, 0.4) is 0 Å². The molecule has 13 N–H and O–H groups in total. The number of ether oxygens (including phenoxy) is 2. The predicted molar refractivity (Wildman–Crippen MR) is 283 cm³/mol. The number of amides is 7. The number of allylic oxidation sites excluding steroid dienone is 2. The van der Waals surface area contributed by atoms with Crippen molar-refractivity contribution >= 4 is 59.2 Å². The van der Waals surface area contributed by atoms with Crippen molar-refractivity contribution in [1.82, 2.24) is 36.8 Å². The van der Waals surface area contributed by atoms with Crippen LogP contribution in [0, 0.1) is 17.8 Å². The molecule has 1 fully saturated rings. The molecule has 0 spiro atoms. The van der Waals surface area contributed by atoms with Crippen LogP contribution in [0.15, 0.2) is 89.6 Å². The number of aliphatic imine (C=N–C) groups is 1. The molecule has 0 aromatic heterocycles. The number of nitrogens with zero attached hydrogens (tertiary/aromatic N) is 2. The zero-order valence-corrected chi connectivity index (χ0v) is 44.7. The van der Waals surface area contributed by atoms with E-state index in [0.717, 1.165) is 10.5 Å². The topological polar surface area (TPSA) is 373 Å². The Bertz CT molecular complexity index is 2550. The van der Waals surface area contributed by atoms with E-state index >= 15 is 0 Å². The number of methoxy groups -OCH3 is 2. The van der Waals surface area contributed by atoms with Crippen LogP contribution in [-0.4, -0.2) is 150 Å². The number of aliphatic carboxylic acids is 2. The molecule has 77 heavy (non-hydrogen) atoms. The second-order valence-electron chi connectivity index (χ2n) is 18.8.